The molecule has 1 aromatic rings. The minimum absolute atomic E-state index is 0.228. The van der Waals surface area contributed by atoms with E-state index in [1.54, 1.807) is 16.7 Å². The molecule has 1 fully saturated rings. The topological polar surface area (TPSA) is 28.7 Å². The zero-order valence-corrected chi connectivity index (χ0v) is 10.6. The molecule has 1 aromatic heterocycles. The van der Waals surface area contributed by atoms with Gasteiger partial charge >= 0.3 is 0 Å². The van der Waals surface area contributed by atoms with E-state index >= 15 is 0 Å². The van der Waals surface area contributed by atoms with Crippen molar-refractivity contribution in [3.05, 3.63) is 53.2 Å². The molecule has 2 heteroatoms. The van der Waals surface area contributed by atoms with E-state index in [-0.39, 0.29) is 5.41 Å². The molecular formula is C16H18N2. The molecule has 0 radical (unpaired) electrons. The first kappa shape index (κ1) is 10.4. The maximum Gasteiger partial charge on any atom is 0.0923 e. The molecule has 0 amide bonds. The number of aromatic nitrogens is 2. The molecule has 0 aliphatic heterocycles. The molecule has 0 bridgehead atoms. The molecule has 3 aliphatic carbocycles. The van der Waals surface area contributed by atoms with E-state index in [9.17, 15) is 0 Å². The molecule has 2 nitrogen and oxygen atoms in total. The molecule has 1 unspecified atom stereocenters. The summed E-state index contributed by atoms with van der Waals surface area (Å²) in [6.45, 7) is 0. The van der Waals surface area contributed by atoms with Gasteiger partial charge in [-0.05, 0) is 43.3 Å². The van der Waals surface area contributed by atoms with Crippen molar-refractivity contribution in [3.8, 4) is 0 Å². The monoisotopic (exact) mass is 238 g/mol. The van der Waals surface area contributed by atoms with Crippen molar-refractivity contribution < 1.29 is 0 Å². The van der Waals surface area contributed by atoms with Crippen molar-refractivity contribution in [2.75, 3.05) is 0 Å². The number of aromatic amines is 1. The lowest BCUT2D eigenvalue weighted by atomic mass is 9.69. The van der Waals surface area contributed by atoms with Crippen molar-refractivity contribution in [1.82, 2.24) is 9.97 Å². The fourth-order valence-electron chi connectivity index (χ4n) is 4.06. The molecule has 0 aromatic carbocycles. The van der Waals surface area contributed by atoms with Gasteiger partial charge < -0.3 is 4.98 Å². The van der Waals surface area contributed by atoms with Crippen LogP contribution in [0.1, 0.15) is 44.2 Å². The second kappa shape index (κ2) is 3.71. The van der Waals surface area contributed by atoms with Crippen molar-refractivity contribution in [2.24, 2.45) is 0 Å². The first-order chi connectivity index (χ1) is 8.90. The average Bonchev–Trinajstić information content (AvgIpc) is 3.05. The number of hydrogen-bond donors (Lipinski definition) is 1. The quantitative estimate of drug-likeness (QED) is 0.792. The van der Waals surface area contributed by atoms with Crippen molar-refractivity contribution >= 4 is 0 Å². The van der Waals surface area contributed by atoms with Crippen molar-refractivity contribution in [3.63, 3.8) is 0 Å². The van der Waals surface area contributed by atoms with Crippen LogP contribution in [0.25, 0.3) is 0 Å². The third kappa shape index (κ3) is 1.26. The van der Waals surface area contributed by atoms with E-state index in [2.05, 4.69) is 34.4 Å². The van der Waals surface area contributed by atoms with Gasteiger partial charge in [-0.3, -0.25) is 0 Å². The summed E-state index contributed by atoms with van der Waals surface area (Å²) >= 11 is 0. The maximum absolute atomic E-state index is 4.59. The number of nitrogens with zero attached hydrogens (tertiary/aromatic N) is 1. The highest BCUT2D eigenvalue weighted by Crippen LogP contribution is 2.55. The van der Waals surface area contributed by atoms with Crippen LogP contribution < -0.4 is 0 Å². The molecule has 1 atom stereocenters. The van der Waals surface area contributed by atoms with Crippen LogP contribution in [0.4, 0.5) is 0 Å². The van der Waals surface area contributed by atoms with Gasteiger partial charge in [0.2, 0.25) is 0 Å². The van der Waals surface area contributed by atoms with Crippen LogP contribution in [-0.2, 0) is 5.41 Å². The second-order valence-corrected chi connectivity index (χ2v) is 5.70. The molecule has 0 saturated heterocycles. The lowest BCUT2D eigenvalue weighted by Gasteiger charge is -2.35. The number of nitrogens with one attached hydrogen (secondary N) is 1. The molecule has 3 aliphatic rings. The Morgan fingerprint density at radius 2 is 2.28 bits per heavy atom. The van der Waals surface area contributed by atoms with Crippen LogP contribution in [0.2, 0.25) is 0 Å². The highest BCUT2D eigenvalue weighted by atomic mass is 14.9. The van der Waals surface area contributed by atoms with Gasteiger partial charge in [0, 0.05) is 11.6 Å². The first-order valence-electron chi connectivity index (χ1n) is 6.98. The number of allylic oxidation sites excluding steroid dienone is 6. The van der Waals surface area contributed by atoms with Crippen LogP contribution in [0.3, 0.4) is 0 Å². The Morgan fingerprint density at radius 3 is 3.17 bits per heavy atom. The van der Waals surface area contributed by atoms with Crippen LogP contribution in [-0.4, -0.2) is 9.97 Å². The summed E-state index contributed by atoms with van der Waals surface area (Å²) in [5.41, 5.74) is 6.37. The summed E-state index contributed by atoms with van der Waals surface area (Å²) in [5, 5.41) is 0. The molecule has 92 valence electrons. The predicted molar refractivity (Wildman–Crippen MR) is 72.2 cm³/mol. The molecule has 1 saturated carbocycles. The summed E-state index contributed by atoms with van der Waals surface area (Å²) in [7, 11) is 0. The highest BCUT2D eigenvalue weighted by Gasteiger charge is 2.46. The molecule has 1 heterocycles. The van der Waals surface area contributed by atoms with Crippen LogP contribution in [0.15, 0.2) is 47.5 Å². The van der Waals surface area contributed by atoms with Crippen LogP contribution in [0.5, 0.6) is 0 Å². The van der Waals surface area contributed by atoms with Gasteiger partial charge in [0.25, 0.3) is 0 Å². The largest absolute Gasteiger partial charge is 0.351 e. The summed E-state index contributed by atoms with van der Waals surface area (Å²) in [4.78, 5) is 7.74. The number of fused-ring (bicyclic) bond motifs is 2. The van der Waals surface area contributed by atoms with E-state index in [1.165, 1.54) is 37.8 Å². The van der Waals surface area contributed by atoms with E-state index < -0.39 is 0 Å². The summed E-state index contributed by atoms with van der Waals surface area (Å²) in [6.07, 6.45) is 18.3. The fraction of sp³-hybridized carbons (Fsp3) is 0.438. The summed E-state index contributed by atoms with van der Waals surface area (Å²) in [6, 6.07) is 0. The predicted octanol–water partition coefficient (Wildman–Crippen LogP) is 3.81. The SMILES string of the molecule is C1=CCC2=C3CCCCC3(c3c[nH]cn3)CC2=C1. The zero-order chi connectivity index (χ0) is 12.0. The third-order valence-corrected chi connectivity index (χ3v) is 4.85. The van der Waals surface area contributed by atoms with Crippen molar-refractivity contribution in [1.29, 1.82) is 0 Å². The van der Waals surface area contributed by atoms with Gasteiger partial charge in [0.15, 0.2) is 0 Å². The van der Waals surface area contributed by atoms with Gasteiger partial charge in [-0.2, -0.15) is 0 Å². The number of hydrogen-bond acceptors (Lipinski definition) is 1. The van der Waals surface area contributed by atoms with E-state index in [4.69, 9.17) is 0 Å². The highest BCUT2D eigenvalue weighted by molar-refractivity contribution is 5.56. The normalized spacial score (nSPS) is 30.1. The van der Waals surface area contributed by atoms with Gasteiger partial charge in [-0.1, -0.05) is 30.2 Å². The summed E-state index contributed by atoms with van der Waals surface area (Å²) < 4.78 is 0. The van der Waals surface area contributed by atoms with Gasteiger partial charge in [-0.25, -0.2) is 4.98 Å². The first-order valence-corrected chi connectivity index (χ1v) is 6.98. The molecule has 1 N–H and O–H groups in total. The molecular weight excluding hydrogens is 220 g/mol. The van der Waals surface area contributed by atoms with Gasteiger partial charge in [0.1, 0.15) is 0 Å². The Labute approximate surface area is 108 Å². The number of rotatable bonds is 1. The lowest BCUT2D eigenvalue weighted by molar-refractivity contribution is 0.388. The van der Waals surface area contributed by atoms with Crippen molar-refractivity contribution in [2.45, 2.75) is 43.9 Å². The zero-order valence-electron chi connectivity index (χ0n) is 10.6. The Kier molecular flexibility index (Phi) is 2.14. The number of H-pyrrole nitrogens is 1. The lowest BCUT2D eigenvalue weighted by Crippen LogP contribution is -2.29. The minimum atomic E-state index is 0.228. The standard InChI is InChI=1S/C16H18N2/c1-2-6-13-12(5-1)9-16(15-10-17-11-18-15)8-4-3-7-14(13)16/h1-2,5,10-11H,3-4,6-9H2,(H,17,18). The maximum atomic E-state index is 4.59. The Hall–Kier alpha value is -1.57. The Morgan fingerprint density at radius 1 is 1.28 bits per heavy atom. The summed E-state index contributed by atoms with van der Waals surface area (Å²) in [5.74, 6) is 0. The minimum Gasteiger partial charge on any atom is -0.351 e. The van der Waals surface area contributed by atoms with Gasteiger partial charge in [-0.15, -0.1) is 0 Å². The smallest absolute Gasteiger partial charge is 0.0923 e. The van der Waals surface area contributed by atoms with Crippen LogP contribution in [0, 0.1) is 0 Å². The van der Waals surface area contributed by atoms with E-state index in [1.807, 2.05) is 6.33 Å². The molecule has 18 heavy (non-hydrogen) atoms. The fourth-order valence-corrected chi connectivity index (χ4v) is 4.06. The van der Waals surface area contributed by atoms with Gasteiger partial charge in [0.05, 0.1) is 12.0 Å². The third-order valence-electron chi connectivity index (χ3n) is 4.85. The molecule has 0 spiro atoms. The average molecular weight is 238 g/mol. The molecule has 4 rings (SSSR count). The Balaban J connectivity index is 1.90. The second-order valence-electron chi connectivity index (χ2n) is 5.70. The van der Waals surface area contributed by atoms with Crippen LogP contribution >= 0.6 is 0 Å². The Bertz CT molecular complexity index is 560. The van der Waals surface area contributed by atoms with E-state index in [0.29, 0.717) is 0 Å². The number of imidazole rings is 1. The van der Waals surface area contributed by atoms with E-state index in [0.717, 1.165) is 6.42 Å².